The first-order chi connectivity index (χ1) is 10.1. The molecule has 3 rings (SSSR count). The van der Waals surface area contributed by atoms with Gasteiger partial charge in [-0.2, -0.15) is 0 Å². The maximum absolute atomic E-state index is 5.94. The molecule has 0 aliphatic rings. The first kappa shape index (κ1) is 13.8. The number of nitrogens with zero attached hydrogens (tertiary/aromatic N) is 2. The van der Waals surface area contributed by atoms with Gasteiger partial charge in [0.15, 0.2) is 0 Å². The molecule has 106 valence electrons. The van der Waals surface area contributed by atoms with E-state index >= 15 is 0 Å². The number of hydrogen-bond donors (Lipinski definition) is 2. The van der Waals surface area contributed by atoms with Gasteiger partial charge in [0.25, 0.3) is 0 Å². The molecular formula is C16H15BrN4. The molecule has 4 nitrogen and oxygen atoms in total. The third-order valence-corrected chi connectivity index (χ3v) is 3.93. The van der Waals surface area contributed by atoms with Gasteiger partial charge < -0.3 is 11.1 Å². The van der Waals surface area contributed by atoms with Gasteiger partial charge in [-0.15, -0.1) is 0 Å². The molecule has 0 saturated heterocycles. The number of halogens is 1. The summed E-state index contributed by atoms with van der Waals surface area (Å²) in [5, 5.41) is 3.42. The minimum atomic E-state index is 0.702. The van der Waals surface area contributed by atoms with Gasteiger partial charge in [0.1, 0.15) is 5.52 Å². The predicted molar refractivity (Wildman–Crippen MR) is 90.2 cm³/mol. The first-order valence-electron chi connectivity index (χ1n) is 6.63. The number of pyridine rings is 2. The standard InChI is InChI=1S/C16H15BrN4/c1-10-11(3-2-4-13(10)18)8-20-14-5-6-19-15-7-12(17)9-21-16(14)15/h2-7,9H,8,18H2,1H3,(H,19,20). The van der Waals surface area contributed by atoms with E-state index < -0.39 is 0 Å². The highest BCUT2D eigenvalue weighted by Gasteiger charge is 2.05. The number of nitrogens with one attached hydrogen (secondary N) is 1. The zero-order valence-corrected chi connectivity index (χ0v) is 13.2. The fraction of sp³-hybridized carbons (Fsp3) is 0.125. The van der Waals surface area contributed by atoms with Crippen molar-refractivity contribution in [3.8, 4) is 0 Å². The third kappa shape index (κ3) is 2.83. The Labute approximate surface area is 131 Å². The van der Waals surface area contributed by atoms with Crippen molar-refractivity contribution >= 4 is 38.3 Å². The predicted octanol–water partition coefficient (Wildman–Crippen LogP) is 3.90. The molecule has 1 aromatic carbocycles. The Morgan fingerprint density at radius 3 is 2.95 bits per heavy atom. The van der Waals surface area contributed by atoms with Gasteiger partial charge in [-0.25, -0.2) is 0 Å². The Balaban J connectivity index is 1.90. The molecule has 0 spiro atoms. The Kier molecular flexibility index (Phi) is 3.75. The van der Waals surface area contributed by atoms with Crippen LogP contribution < -0.4 is 11.1 Å². The van der Waals surface area contributed by atoms with Crippen molar-refractivity contribution < 1.29 is 0 Å². The lowest BCUT2D eigenvalue weighted by Crippen LogP contribution is -2.04. The van der Waals surface area contributed by atoms with E-state index in [9.17, 15) is 0 Å². The van der Waals surface area contributed by atoms with Gasteiger partial charge in [-0.3, -0.25) is 9.97 Å². The molecule has 5 heteroatoms. The quantitative estimate of drug-likeness (QED) is 0.708. The lowest BCUT2D eigenvalue weighted by Gasteiger charge is -2.12. The van der Waals surface area contributed by atoms with E-state index in [0.29, 0.717) is 6.54 Å². The maximum atomic E-state index is 5.94. The van der Waals surface area contributed by atoms with Crippen molar-refractivity contribution in [3.05, 3.63) is 58.3 Å². The average Bonchev–Trinajstić information content (AvgIpc) is 2.48. The lowest BCUT2D eigenvalue weighted by molar-refractivity contribution is 1.12. The molecule has 2 heterocycles. The summed E-state index contributed by atoms with van der Waals surface area (Å²) in [5.74, 6) is 0. The molecule has 3 N–H and O–H groups in total. The fourth-order valence-electron chi connectivity index (χ4n) is 2.23. The summed E-state index contributed by atoms with van der Waals surface area (Å²) in [6.45, 7) is 2.74. The van der Waals surface area contributed by atoms with Crippen molar-refractivity contribution in [2.75, 3.05) is 11.1 Å². The Morgan fingerprint density at radius 1 is 1.24 bits per heavy atom. The van der Waals surface area contributed by atoms with Gasteiger partial charge in [0.05, 0.1) is 11.2 Å². The van der Waals surface area contributed by atoms with Crippen LogP contribution in [0.1, 0.15) is 11.1 Å². The highest BCUT2D eigenvalue weighted by atomic mass is 79.9. The molecule has 0 saturated carbocycles. The Hall–Kier alpha value is -2.14. The van der Waals surface area contributed by atoms with Crippen molar-refractivity contribution in [3.63, 3.8) is 0 Å². The Morgan fingerprint density at radius 2 is 2.10 bits per heavy atom. The summed E-state index contributed by atoms with van der Waals surface area (Å²) in [7, 11) is 0. The van der Waals surface area contributed by atoms with Crippen molar-refractivity contribution in [1.29, 1.82) is 0 Å². The third-order valence-electron chi connectivity index (χ3n) is 3.50. The molecule has 0 aliphatic carbocycles. The summed E-state index contributed by atoms with van der Waals surface area (Å²) >= 11 is 3.41. The van der Waals surface area contributed by atoms with Crippen molar-refractivity contribution in [2.45, 2.75) is 13.5 Å². The van der Waals surface area contributed by atoms with Crippen molar-refractivity contribution in [1.82, 2.24) is 9.97 Å². The zero-order valence-electron chi connectivity index (χ0n) is 11.6. The van der Waals surface area contributed by atoms with E-state index in [1.165, 1.54) is 5.56 Å². The number of nitrogen functional groups attached to an aromatic ring is 1. The van der Waals surface area contributed by atoms with E-state index in [2.05, 4.69) is 37.3 Å². The largest absolute Gasteiger partial charge is 0.399 e. The average molecular weight is 343 g/mol. The zero-order chi connectivity index (χ0) is 14.8. The van der Waals surface area contributed by atoms with Crippen LogP contribution >= 0.6 is 15.9 Å². The van der Waals surface area contributed by atoms with Gasteiger partial charge in [0, 0.05) is 29.1 Å². The monoisotopic (exact) mass is 342 g/mol. The number of anilines is 2. The minimum Gasteiger partial charge on any atom is -0.399 e. The molecule has 21 heavy (non-hydrogen) atoms. The molecule has 2 aromatic heterocycles. The summed E-state index contributed by atoms with van der Waals surface area (Å²) < 4.78 is 0.923. The van der Waals surface area contributed by atoms with Gasteiger partial charge in [0.2, 0.25) is 0 Å². The van der Waals surface area contributed by atoms with Crippen LogP contribution in [0.15, 0.2) is 47.2 Å². The summed E-state index contributed by atoms with van der Waals surface area (Å²) in [6.07, 6.45) is 3.56. The molecule has 0 atom stereocenters. The molecular weight excluding hydrogens is 328 g/mol. The number of hydrogen-bond acceptors (Lipinski definition) is 4. The van der Waals surface area contributed by atoms with Crippen LogP contribution in [0.2, 0.25) is 0 Å². The van der Waals surface area contributed by atoms with Crippen LogP contribution in [-0.2, 0) is 6.54 Å². The molecule has 3 aromatic rings. The second-order valence-corrected chi connectivity index (χ2v) is 5.78. The number of rotatable bonds is 3. The molecule has 0 aliphatic heterocycles. The highest BCUT2D eigenvalue weighted by molar-refractivity contribution is 9.10. The molecule has 0 amide bonds. The Bertz CT molecular complexity index is 801. The van der Waals surface area contributed by atoms with Crippen LogP contribution in [-0.4, -0.2) is 9.97 Å². The second-order valence-electron chi connectivity index (χ2n) is 4.86. The topological polar surface area (TPSA) is 63.8 Å². The van der Waals surface area contributed by atoms with E-state index in [0.717, 1.165) is 32.4 Å². The SMILES string of the molecule is Cc1c(N)cccc1CNc1ccnc2cc(Br)cnc12. The number of benzene rings is 1. The van der Waals surface area contributed by atoms with Crippen LogP contribution in [0.3, 0.4) is 0 Å². The van der Waals surface area contributed by atoms with E-state index in [1.54, 1.807) is 12.4 Å². The van der Waals surface area contributed by atoms with Crippen molar-refractivity contribution in [2.24, 2.45) is 0 Å². The van der Waals surface area contributed by atoms with E-state index in [1.807, 2.05) is 31.2 Å². The van der Waals surface area contributed by atoms with Gasteiger partial charge in [-0.05, 0) is 52.2 Å². The van der Waals surface area contributed by atoms with Crippen LogP contribution in [0.4, 0.5) is 11.4 Å². The summed E-state index contributed by atoms with van der Waals surface area (Å²) in [4.78, 5) is 8.77. The number of nitrogens with two attached hydrogens (primary N) is 1. The molecule has 0 fully saturated rings. The summed E-state index contributed by atoms with van der Waals surface area (Å²) in [5.41, 5.74) is 11.7. The van der Waals surface area contributed by atoms with Crippen LogP contribution in [0, 0.1) is 6.92 Å². The van der Waals surface area contributed by atoms with Gasteiger partial charge >= 0.3 is 0 Å². The van der Waals surface area contributed by atoms with Crippen LogP contribution in [0.25, 0.3) is 11.0 Å². The molecule has 0 bridgehead atoms. The van der Waals surface area contributed by atoms with E-state index in [4.69, 9.17) is 5.73 Å². The van der Waals surface area contributed by atoms with Crippen LogP contribution in [0.5, 0.6) is 0 Å². The fourth-order valence-corrected chi connectivity index (χ4v) is 2.55. The summed E-state index contributed by atoms with van der Waals surface area (Å²) in [6, 6.07) is 9.86. The van der Waals surface area contributed by atoms with E-state index in [-0.39, 0.29) is 0 Å². The lowest BCUT2D eigenvalue weighted by atomic mass is 10.1. The second kappa shape index (κ2) is 5.69. The molecule has 0 unspecified atom stereocenters. The first-order valence-corrected chi connectivity index (χ1v) is 7.42. The molecule has 0 radical (unpaired) electrons. The highest BCUT2D eigenvalue weighted by Crippen LogP contribution is 2.23. The normalized spacial score (nSPS) is 10.8. The number of aromatic nitrogens is 2. The van der Waals surface area contributed by atoms with Gasteiger partial charge in [-0.1, -0.05) is 12.1 Å². The number of fused-ring (bicyclic) bond motifs is 1. The maximum Gasteiger partial charge on any atom is 0.112 e. The minimum absolute atomic E-state index is 0.702. The smallest absolute Gasteiger partial charge is 0.112 e.